The summed E-state index contributed by atoms with van der Waals surface area (Å²) in [6.45, 7) is 4.40. The molecule has 3 rings (SSSR count). The third kappa shape index (κ3) is 3.19. The van der Waals surface area contributed by atoms with Gasteiger partial charge in [-0.15, -0.1) is 0 Å². The predicted octanol–water partition coefficient (Wildman–Crippen LogP) is 2.95. The number of hydrogen-bond donors (Lipinski definition) is 1. The molecule has 2 saturated heterocycles. The van der Waals surface area contributed by atoms with Gasteiger partial charge in [-0.3, -0.25) is 4.79 Å². The normalized spacial score (nSPS) is 28.3. The van der Waals surface area contributed by atoms with Crippen molar-refractivity contribution in [3.8, 4) is 0 Å². The van der Waals surface area contributed by atoms with Crippen LogP contribution in [0.3, 0.4) is 0 Å². The average molecular weight is 278 g/mol. The Morgan fingerprint density at radius 3 is 2.10 bits per heavy atom. The number of carbonyl (C=O) groups is 1. The maximum atomic E-state index is 12.7. The largest absolute Gasteiger partial charge is 0.342 e. The average Bonchev–Trinajstić information content (AvgIpc) is 2.77. The molecule has 1 spiro atoms. The fourth-order valence-corrected chi connectivity index (χ4v) is 4.44. The summed E-state index contributed by atoms with van der Waals surface area (Å²) in [5.41, 5.74) is 0.561. The van der Waals surface area contributed by atoms with Crippen LogP contribution in [-0.4, -0.2) is 37.0 Å². The van der Waals surface area contributed by atoms with Crippen molar-refractivity contribution in [2.24, 2.45) is 11.3 Å². The first kappa shape index (κ1) is 14.4. The van der Waals surface area contributed by atoms with Crippen LogP contribution in [-0.2, 0) is 4.79 Å². The molecule has 0 unspecified atom stereocenters. The van der Waals surface area contributed by atoms with E-state index < -0.39 is 0 Å². The van der Waals surface area contributed by atoms with Crippen LogP contribution in [0.4, 0.5) is 0 Å². The Kier molecular flexibility index (Phi) is 4.65. The standard InChI is InChI=1S/C17H30N2O/c20-16(15-5-3-1-2-4-6-15)19-13-9-17(10-14-19)7-11-18-12-8-17/h15,18H,1-14H2. The van der Waals surface area contributed by atoms with Crippen LogP contribution in [0.25, 0.3) is 0 Å². The Hall–Kier alpha value is -0.570. The van der Waals surface area contributed by atoms with Gasteiger partial charge in [-0.2, -0.15) is 0 Å². The van der Waals surface area contributed by atoms with E-state index in [1.807, 2.05) is 0 Å². The fourth-order valence-electron chi connectivity index (χ4n) is 4.44. The van der Waals surface area contributed by atoms with E-state index in [2.05, 4.69) is 10.2 Å². The molecule has 3 aliphatic rings. The Bertz CT molecular complexity index is 318. The van der Waals surface area contributed by atoms with Gasteiger partial charge >= 0.3 is 0 Å². The Labute approximate surface area is 123 Å². The Balaban J connectivity index is 1.53. The molecule has 3 fully saturated rings. The van der Waals surface area contributed by atoms with E-state index in [4.69, 9.17) is 0 Å². The summed E-state index contributed by atoms with van der Waals surface area (Å²) in [5.74, 6) is 0.829. The van der Waals surface area contributed by atoms with Crippen molar-refractivity contribution in [2.75, 3.05) is 26.2 Å². The minimum absolute atomic E-state index is 0.347. The van der Waals surface area contributed by atoms with Gasteiger partial charge in [0.15, 0.2) is 0 Å². The molecular formula is C17H30N2O. The molecule has 2 aliphatic heterocycles. The van der Waals surface area contributed by atoms with Gasteiger partial charge in [-0.25, -0.2) is 0 Å². The van der Waals surface area contributed by atoms with Gasteiger partial charge in [-0.05, 0) is 57.0 Å². The van der Waals surface area contributed by atoms with E-state index in [1.54, 1.807) is 0 Å². The molecule has 114 valence electrons. The molecule has 1 amide bonds. The second kappa shape index (κ2) is 6.46. The predicted molar refractivity (Wildman–Crippen MR) is 81.5 cm³/mol. The van der Waals surface area contributed by atoms with Crippen LogP contribution in [0, 0.1) is 11.3 Å². The van der Waals surface area contributed by atoms with Crippen molar-refractivity contribution in [1.29, 1.82) is 0 Å². The van der Waals surface area contributed by atoms with E-state index in [9.17, 15) is 4.79 Å². The summed E-state index contributed by atoms with van der Waals surface area (Å²) >= 11 is 0. The SMILES string of the molecule is O=C(C1CCCCCC1)N1CCC2(CCNCC2)CC1. The summed E-state index contributed by atoms with van der Waals surface area (Å²) in [6.07, 6.45) is 12.6. The van der Waals surface area contributed by atoms with Crippen molar-refractivity contribution in [3.05, 3.63) is 0 Å². The molecule has 0 aromatic rings. The molecule has 1 saturated carbocycles. The zero-order valence-corrected chi connectivity index (χ0v) is 12.8. The molecular weight excluding hydrogens is 248 g/mol. The molecule has 0 aromatic heterocycles. The van der Waals surface area contributed by atoms with Crippen LogP contribution >= 0.6 is 0 Å². The third-order valence-corrected chi connectivity index (χ3v) is 6.00. The van der Waals surface area contributed by atoms with Crippen molar-refractivity contribution in [1.82, 2.24) is 10.2 Å². The summed E-state index contributed by atoms with van der Waals surface area (Å²) in [6, 6.07) is 0. The minimum atomic E-state index is 0.347. The molecule has 1 aliphatic carbocycles. The maximum absolute atomic E-state index is 12.7. The lowest BCUT2D eigenvalue weighted by Gasteiger charge is -2.45. The van der Waals surface area contributed by atoms with E-state index in [0.29, 0.717) is 17.2 Å². The monoisotopic (exact) mass is 278 g/mol. The van der Waals surface area contributed by atoms with Crippen molar-refractivity contribution in [3.63, 3.8) is 0 Å². The van der Waals surface area contributed by atoms with Crippen LogP contribution in [0.2, 0.25) is 0 Å². The van der Waals surface area contributed by atoms with Gasteiger partial charge in [0.25, 0.3) is 0 Å². The quantitative estimate of drug-likeness (QED) is 0.748. The van der Waals surface area contributed by atoms with Crippen molar-refractivity contribution in [2.45, 2.75) is 64.2 Å². The summed E-state index contributed by atoms with van der Waals surface area (Å²) in [5, 5.41) is 3.47. The fraction of sp³-hybridized carbons (Fsp3) is 0.941. The smallest absolute Gasteiger partial charge is 0.225 e. The third-order valence-electron chi connectivity index (χ3n) is 6.00. The summed E-state index contributed by atoms with van der Waals surface area (Å²) in [4.78, 5) is 14.9. The van der Waals surface area contributed by atoms with Gasteiger partial charge in [-0.1, -0.05) is 25.7 Å². The van der Waals surface area contributed by atoms with Crippen LogP contribution < -0.4 is 5.32 Å². The van der Waals surface area contributed by atoms with Crippen LogP contribution in [0.15, 0.2) is 0 Å². The number of hydrogen-bond acceptors (Lipinski definition) is 2. The van der Waals surface area contributed by atoms with Crippen molar-refractivity contribution < 1.29 is 4.79 Å². The number of nitrogens with zero attached hydrogens (tertiary/aromatic N) is 1. The van der Waals surface area contributed by atoms with Crippen molar-refractivity contribution >= 4 is 5.91 Å². The lowest BCUT2D eigenvalue weighted by atomic mass is 9.71. The molecule has 3 nitrogen and oxygen atoms in total. The summed E-state index contributed by atoms with van der Waals surface area (Å²) in [7, 11) is 0. The highest BCUT2D eigenvalue weighted by Crippen LogP contribution is 2.40. The summed E-state index contributed by atoms with van der Waals surface area (Å²) < 4.78 is 0. The molecule has 20 heavy (non-hydrogen) atoms. The number of piperidine rings is 2. The van der Waals surface area contributed by atoms with E-state index in [1.165, 1.54) is 64.5 Å². The molecule has 0 aromatic carbocycles. The van der Waals surface area contributed by atoms with Gasteiger partial charge in [0, 0.05) is 19.0 Å². The van der Waals surface area contributed by atoms with E-state index in [-0.39, 0.29) is 0 Å². The lowest BCUT2D eigenvalue weighted by Crippen LogP contribution is -2.48. The second-order valence-electron chi connectivity index (χ2n) is 7.26. The maximum Gasteiger partial charge on any atom is 0.225 e. The second-order valence-corrected chi connectivity index (χ2v) is 7.26. The van der Waals surface area contributed by atoms with Gasteiger partial charge in [0.1, 0.15) is 0 Å². The molecule has 0 radical (unpaired) electrons. The zero-order chi connectivity index (χ0) is 13.8. The Morgan fingerprint density at radius 1 is 0.900 bits per heavy atom. The highest BCUT2D eigenvalue weighted by Gasteiger charge is 2.37. The number of rotatable bonds is 1. The van der Waals surface area contributed by atoms with Crippen LogP contribution in [0.5, 0.6) is 0 Å². The molecule has 3 heteroatoms. The highest BCUT2D eigenvalue weighted by molar-refractivity contribution is 5.79. The minimum Gasteiger partial charge on any atom is -0.342 e. The van der Waals surface area contributed by atoms with E-state index in [0.717, 1.165) is 25.9 Å². The van der Waals surface area contributed by atoms with Crippen LogP contribution in [0.1, 0.15) is 64.2 Å². The first-order chi connectivity index (χ1) is 9.79. The topological polar surface area (TPSA) is 32.3 Å². The van der Waals surface area contributed by atoms with Gasteiger partial charge in [0.2, 0.25) is 5.91 Å². The molecule has 0 bridgehead atoms. The number of amides is 1. The molecule has 2 heterocycles. The molecule has 0 atom stereocenters. The number of likely N-dealkylation sites (tertiary alicyclic amines) is 1. The number of nitrogens with one attached hydrogen (secondary N) is 1. The first-order valence-corrected chi connectivity index (χ1v) is 8.79. The highest BCUT2D eigenvalue weighted by atomic mass is 16.2. The van der Waals surface area contributed by atoms with Gasteiger partial charge < -0.3 is 10.2 Å². The molecule has 1 N–H and O–H groups in total. The first-order valence-electron chi connectivity index (χ1n) is 8.79. The Morgan fingerprint density at radius 2 is 1.50 bits per heavy atom. The van der Waals surface area contributed by atoms with Gasteiger partial charge in [0.05, 0.1) is 0 Å². The zero-order valence-electron chi connectivity index (χ0n) is 12.8. The number of carbonyl (C=O) groups excluding carboxylic acids is 1. The lowest BCUT2D eigenvalue weighted by molar-refractivity contribution is -0.138. The van der Waals surface area contributed by atoms with E-state index >= 15 is 0 Å².